The molecule has 0 saturated heterocycles. The Morgan fingerprint density at radius 3 is 2.23 bits per heavy atom. The molecule has 0 aliphatic carbocycles. The summed E-state index contributed by atoms with van der Waals surface area (Å²) >= 11 is 0. The van der Waals surface area contributed by atoms with Crippen LogP contribution >= 0.6 is 0 Å². The van der Waals surface area contributed by atoms with Gasteiger partial charge in [0.05, 0.1) is 5.69 Å². The number of ketones is 2. The molecule has 0 aromatic heterocycles. The lowest BCUT2D eigenvalue weighted by Crippen LogP contribution is -2.27. The molecular formula is C23H21N5O3. The van der Waals surface area contributed by atoms with Crippen molar-refractivity contribution in [2.24, 2.45) is 10.2 Å². The highest BCUT2D eigenvalue weighted by Gasteiger charge is 2.26. The number of amides is 1. The van der Waals surface area contributed by atoms with Crippen LogP contribution in [0.2, 0.25) is 0 Å². The number of hydrogen-bond donors (Lipinski definition) is 3. The minimum absolute atomic E-state index is 0.118. The van der Waals surface area contributed by atoms with E-state index in [0.717, 1.165) is 0 Å². The van der Waals surface area contributed by atoms with E-state index in [1.54, 1.807) is 42.5 Å². The number of nitrogens with zero attached hydrogens (tertiary/aromatic N) is 2. The Hall–Kier alpha value is -4.33. The number of hydrogen-bond acceptors (Lipinski definition) is 7. The molecule has 0 aliphatic rings. The highest BCUT2D eigenvalue weighted by atomic mass is 16.2. The molecule has 156 valence electrons. The van der Waals surface area contributed by atoms with Crippen molar-refractivity contribution in [3.05, 3.63) is 83.9 Å². The van der Waals surface area contributed by atoms with Gasteiger partial charge in [-0.15, -0.1) is 0 Å². The largest absolute Gasteiger partial charge is 0.399 e. The van der Waals surface area contributed by atoms with E-state index in [2.05, 4.69) is 15.5 Å². The summed E-state index contributed by atoms with van der Waals surface area (Å²) in [5.41, 5.74) is 13.7. The normalized spacial score (nSPS) is 11.8. The van der Waals surface area contributed by atoms with Gasteiger partial charge in [0.25, 0.3) is 5.91 Å². The van der Waals surface area contributed by atoms with E-state index in [4.69, 9.17) is 11.5 Å². The molecule has 1 amide bonds. The fourth-order valence-corrected chi connectivity index (χ4v) is 2.78. The number of nitrogen functional groups attached to an aromatic ring is 2. The van der Waals surface area contributed by atoms with Crippen LogP contribution in [0.3, 0.4) is 0 Å². The van der Waals surface area contributed by atoms with E-state index in [-0.39, 0.29) is 17.2 Å². The zero-order valence-electron chi connectivity index (χ0n) is 16.8. The fourth-order valence-electron chi connectivity index (χ4n) is 2.78. The summed E-state index contributed by atoms with van der Waals surface area (Å²) in [5.74, 6) is -1.34. The maximum absolute atomic E-state index is 12.7. The first-order valence-electron chi connectivity index (χ1n) is 9.42. The average Bonchev–Trinajstić information content (AvgIpc) is 2.76. The van der Waals surface area contributed by atoms with Gasteiger partial charge in [-0.25, -0.2) is 0 Å². The second-order valence-corrected chi connectivity index (χ2v) is 6.81. The van der Waals surface area contributed by atoms with Gasteiger partial charge in [-0.05, 0) is 61.5 Å². The number of Topliss-reactive ketones (excluding diaryl/α,β-unsaturated/α-hetero) is 2. The molecule has 8 nitrogen and oxygen atoms in total. The zero-order valence-corrected chi connectivity index (χ0v) is 16.8. The molecule has 1 unspecified atom stereocenters. The molecule has 31 heavy (non-hydrogen) atoms. The molecule has 0 saturated carbocycles. The first-order valence-corrected chi connectivity index (χ1v) is 9.42. The predicted octanol–water partition coefficient (Wildman–Crippen LogP) is 4.03. The van der Waals surface area contributed by atoms with Crippen LogP contribution in [0.25, 0.3) is 0 Å². The lowest BCUT2D eigenvalue weighted by atomic mass is 10.00. The van der Waals surface area contributed by atoms with Gasteiger partial charge in [0.1, 0.15) is 0 Å². The molecule has 0 spiro atoms. The Bertz CT molecular complexity index is 1140. The van der Waals surface area contributed by atoms with Gasteiger partial charge in [0.15, 0.2) is 17.6 Å². The molecule has 0 heterocycles. The Labute approximate surface area is 179 Å². The number of azo groups is 1. The van der Waals surface area contributed by atoms with Crippen molar-refractivity contribution in [2.45, 2.75) is 13.0 Å². The topological polar surface area (TPSA) is 140 Å². The van der Waals surface area contributed by atoms with Crippen molar-refractivity contribution < 1.29 is 14.4 Å². The number of carbonyl (C=O) groups excluding carboxylic acids is 3. The highest BCUT2D eigenvalue weighted by molar-refractivity contribution is 6.16. The standard InChI is InChI=1S/C23H21N5O3/c1-14(29)21(22(30)19-13-16(24)9-12-20(19)25)28-27-18-10-7-15(8-11-18)23(31)26-17-5-3-2-4-6-17/h2-13,21H,24-25H2,1H3,(H,26,31)/b28-27+. The second-order valence-electron chi connectivity index (χ2n) is 6.81. The van der Waals surface area contributed by atoms with E-state index in [0.29, 0.717) is 22.6 Å². The van der Waals surface area contributed by atoms with E-state index in [9.17, 15) is 14.4 Å². The van der Waals surface area contributed by atoms with E-state index in [1.165, 1.54) is 19.1 Å². The zero-order chi connectivity index (χ0) is 22.4. The van der Waals surface area contributed by atoms with Crippen LogP contribution in [0, 0.1) is 0 Å². The molecule has 1 atom stereocenters. The second kappa shape index (κ2) is 9.45. The van der Waals surface area contributed by atoms with Crippen LogP contribution in [0.15, 0.2) is 83.0 Å². The third kappa shape index (κ3) is 5.39. The van der Waals surface area contributed by atoms with Crippen LogP contribution in [0.5, 0.6) is 0 Å². The first-order chi connectivity index (χ1) is 14.8. The van der Waals surface area contributed by atoms with Crippen molar-refractivity contribution >= 4 is 40.2 Å². The predicted molar refractivity (Wildman–Crippen MR) is 119 cm³/mol. The molecule has 3 aromatic carbocycles. The van der Waals surface area contributed by atoms with Crippen LogP contribution in [-0.2, 0) is 4.79 Å². The van der Waals surface area contributed by atoms with Crippen molar-refractivity contribution in [2.75, 3.05) is 16.8 Å². The summed E-state index contributed by atoms with van der Waals surface area (Å²) in [4.78, 5) is 37.0. The molecule has 8 heteroatoms. The van der Waals surface area contributed by atoms with E-state index in [1.807, 2.05) is 18.2 Å². The van der Waals surface area contributed by atoms with Crippen LogP contribution in [0.4, 0.5) is 22.7 Å². The maximum atomic E-state index is 12.7. The van der Waals surface area contributed by atoms with Crippen LogP contribution in [0.1, 0.15) is 27.6 Å². The summed E-state index contributed by atoms with van der Waals surface area (Å²) in [7, 11) is 0. The Morgan fingerprint density at radius 1 is 0.903 bits per heavy atom. The smallest absolute Gasteiger partial charge is 0.255 e. The third-order valence-corrected chi connectivity index (χ3v) is 4.43. The maximum Gasteiger partial charge on any atom is 0.255 e. The summed E-state index contributed by atoms with van der Waals surface area (Å²) in [6, 6.07) is 18.5. The Kier molecular flexibility index (Phi) is 6.51. The minimum Gasteiger partial charge on any atom is -0.399 e. The summed E-state index contributed by atoms with van der Waals surface area (Å²) in [5, 5.41) is 10.7. The van der Waals surface area contributed by atoms with E-state index < -0.39 is 17.6 Å². The molecule has 0 aliphatic heterocycles. The molecule has 3 rings (SSSR count). The van der Waals surface area contributed by atoms with Crippen molar-refractivity contribution in [1.82, 2.24) is 0 Å². The number of rotatable bonds is 7. The van der Waals surface area contributed by atoms with Gasteiger partial charge in [0.2, 0.25) is 0 Å². The Morgan fingerprint density at radius 2 is 1.58 bits per heavy atom. The van der Waals surface area contributed by atoms with Gasteiger partial charge in [0, 0.05) is 28.2 Å². The van der Waals surface area contributed by atoms with Gasteiger partial charge in [-0.3, -0.25) is 14.4 Å². The van der Waals surface area contributed by atoms with Crippen molar-refractivity contribution in [3.8, 4) is 0 Å². The monoisotopic (exact) mass is 415 g/mol. The molecule has 0 bridgehead atoms. The number of anilines is 3. The summed E-state index contributed by atoms with van der Waals surface area (Å²) in [6.45, 7) is 1.25. The lowest BCUT2D eigenvalue weighted by Gasteiger charge is -2.10. The van der Waals surface area contributed by atoms with Crippen LogP contribution in [-0.4, -0.2) is 23.5 Å². The third-order valence-electron chi connectivity index (χ3n) is 4.43. The lowest BCUT2D eigenvalue weighted by molar-refractivity contribution is -0.117. The first kappa shape index (κ1) is 21.4. The van der Waals surface area contributed by atoms with Crippen molar-refractivity contribution in [3.63, 3.8) is 0 Å². The van der Waals surface area contributed by atoms with Gasteiger partial charge in [-0.2, -0.15) is 10.2 Å². The molecular weight excluding hydrogens is 394 g/mol. The van der Waals surface area contributed by atoms with Crippen LogP contribution < -0.4 is 16.8 Å². The molecule has 0 fully saturated rings. The van der Waals surface area contributed by atoms with Crippen molar-refractivity contribution in [1.29, 1.82) is 0 Å². The van der Waals surface area contributed by atoms with Gasteiger partial charge >= 0.3 is 0 Å². The minimum atomic E-state index is -1.34. The number of nitrogens with one attached hydrogen (secondary N) is 1. The molecule has 0 radical (unpaired) electrons. The Balaban J connectivity index is 1.74. The summed E-state index contributed by atoms with van der Waals surface area (Å²) in [6.07, 6.45) is 0. The SMILES string of the molecule is CC(=O)C(/N=N/c1ccc(C(=O)Nc2ccccc2)cc1)C(=O)c1cc(N)ccc1N. The van der Waals surface area contributed by atoms with Gasteiger partial charge < -0.3 is 16.8 Å². The highest BCUT2D eigenvalue weighted by Crippen LogP contribution is 2.21. The number of benzene rings is 3. The van der Waals surface area contributed by atoms with Gasteiger partial charge in [-0.1, -0.05) is 18.2 Å². The average molecular weight is 415 g/mol. The van der Waals surface area contributed by atoms with E-state index >= 15 is 0 Å². The number of para-hydroxylation sites is 1. The fraction of sp³-hybridized carbons (Fsp3) is 0.0870. The quantitative estimate of drug-likeness (QED) is 0.231. The number of carbonyl (C=O) groups is 3. The molecule has 3 aromatic rings. The number of nitrogens with two attached hydrogens (primary N) is 2. The summed E-state index contributed by atoms with van der Waals surface area (Å²) < 4.78 is 0. The molecule has 5 N–H and O–H groups in total.